The molecule has 3 N–H and O–H groups in total. The maximum atomic E-state index is 12.3. The highest BCUT2D eigenvalue weighted by molar-refractivity contribution is 5.96. The maximum absolute atomic E-state index is 12.3. The molecule has 1 heterocycles. The zero-order valence-corrected chi connectivity index (χ0v) is 17.9. The fraction of sp³-hybridized carbons (Fsp3) is 0.429. The van der Waals surface area contributed by atoms with Crippen molar-refractivity contribution in [1.29, 1.82) is 0 Å². The Bertz CT molecular complexity index is 935. The molecule has 0 bridgehead atoms. The van der Waals surface area contributed by atoms with Gasteiger partial charge in [0.1, 0.15) is 5.75 Å². The average molecular weight is 416 g/mol. The first kappa shape index (κ1) is 22.9. The standard InChI is InChI=1S/C21H28N4O5/c1-12(2)19(20(27)23-21(22)28)30-18(26)10-9-17-13(3)24-25(14(17)4)15-7-6-8-16(11-15)29-5/h6-8,11-12,19H,9-10H2,1-5H3,(H3,22,23,27,28)/t19-/m0/s1. The number of methoxy groups -OCH3 is 1. The number of benzene rings is 1. The van der Waals surface area contributed by atoms with Crippen molar-refractivity contribution in [2.75, 3.05) is 7.11 Å². The Kier molecular flexibility index (Phi) is 7.57. The molecule has 0 saturated heterocycles. The van der Waals surface area contributed by atoms with Crippen molar-refractivity contribution in [3.05, 3.63) is 41.2 Å². The summed E-state index contributed by atoms with van der Waals surface area (Å²) in [5.74, 6) is -0.864. The molecule has 1 aromatic heterocycles. The van der Waals surface area contributed by atoms with Crippen molar-refractivity contribution in [2.24, 2.45) is 11.7 Å². The summed E-state index contributed by atoms with van der Waals surface area (Å²) in [4.78, 5) is 35.3. The molecule has 30 heavy (non-hydrogen) atoms. The Morgan fingerprint density at radius 3 is 2.53 bits per heavy atom. The van der Waals surface area contributed by atoms with Crippen LogP contribution in [-0.4, -0.2) is 40.9 Å². The molecule has 0 fully saturated rings. The van der Waals surface area contributed by atoms with Gasteiger partial charge in [-0.25, -0.2) is 9.48 Å². The van der Waals surface area contributed by atoms with E-state index >= 15 is 0 Å². The van der Waals surface area contributed by atoms with Crippen LogP contribution in [0, 0.1) is 19.8 Å². The second-order valence-electron chi connectivity index (χ2n) is 7.27. The van der Waals surface area contributed by atoms with E-state index in [1.807, 2.05) is 43.4 Å². The van der Waals surface area contributed by atoms with Crippen molar-refractivity contribution in [1.82, 2.24) is 15.1 Å². The summed E-state index contributed by atoms with van der Waals surface area (Å²) in [7, 11) is 1.60. The number of nitrogens with zero attached hydrogens (tertiary/aromatic N) is 2. The van der Waals surface area contributed by atoms with Crippen LogP contribution in [0.4, 0.5) is 4.79 Å². The van der Waals surface area contributed by atoms with Crippen LogP contribution in [0.3, 0.4) is 0 Å². The number of esters is 1. The van der Waals surface area contributed by atoms with Gasteiger partial charge in [-0.2, -0.15) is 5.10 Å². The number of amides is 3. The molecule has 0 aliphatic rings. The third-order valence-electron chi connectivity index (χ3n) is 4.69. The zero-order chi connectivity index (χ0) is 22.4. The summed E-state index contributed by atoms with van der Waals surface area (Å²) in [6.07, 6.45) is -0.618. The number of nitrogens with one attached hydrogen (secondary N) is 1. The summed E-state index contributed by atoms with van der Waals surface area (Å²) >= 11 is 0. The number of hydrogen-bond donors (Lipinski definition) is 2. The SMILES string of the molecule is COc1cccc(-n2nc(C)c(CCC(=O)O[C@H](C(=O)NC(N)=O)C(C)C)c2C)c1. The molecular formula is C21H28N4O5. The molecule has 2 rings (SSSR count). The fourth-order valence-corrected chi connectivity index (χ4v) is 3.14. The van der Waals surface area contributed by atoms with Gasteiger partial charge in [-0.1, -0.05) is 19.9 Å². The molecular weight excluding hydrogens is 388 g/mol. The van der Waals surface area contributed by atoms with Gasteiger partial charge in [0.05, 0.1) is 18.5 Å². The van der Waals surface area contributed by atoms with Crippen LogP contribution >= 0.6 is 0 Å². The molecule has 3 amide bonds. The lowest BCUT2D eigenvalue weighted by molar-refractivity contribution is -0.158. The maximum Gasteiger partial charge on any atom is 0.318 e. The van der Waals surface area contributed by atoms with E-state index in [4.69, 9.17) is 15.2 Å². The topological polar surface area (TPSA) is 126 Å². The number of carbonyl (C=O) groups is 3. The van der Waals surface area contributed by atoms with E-state index < -0.39 is 24.0 Å². The summed E-state index contributed by atoms with van der Waals surface area (Å²) in [5, 5.41) is 6.53. The molecule has 0 saturated carbocycles. The Hall–Kier alpha value is -3.36. The van der Waals surface area contributed by atoms with E-state index in [2.05, 4.69) is 5.10 Å². The van der Waals surface area contributed by atoms with Gasteiger partial charge in [0, 0.05) is 18.2 Å². The van der Waals surface area contributed by atoms with Gasteiger partial charge < -0.3 is 15.2 Å². The first-order valence-electron chi connectivity index (χ1n) is 9.63. The quantitative estimate of drug-likeness (QED) is 0.636. The van der Waals surface area contributed by atoms with E-state index in [1.54, 1.807) is 25.6 Å². The number of nitrogens with two attached hydrogens (primary N) is 1. The van der Waals surface area contributed by atoms with Gasteiger partial charge >= 0.3 is 12.0 Å². The van der Waals surface area contributed by atoms with E-state index in [-0.39, 0.29) is 12.3 Å². The summed E-state index contributed by atoms with van der Waals surface area (Å²) < 4.78 is 12.4. The van der Waals surface area contributed by atoms with Crippen LogP contribution in [-0.2, 0) is 20.7 Å². The smallest absolute Gasteiger partial charge is 0.318 e. The van der Waals surface area contributed by atoms with Gasteiger partial charge in [0.25, 0.3) is 5.91 Å². The Labute approximate surface area is 175 Å². The van der Waals surface area contributed by atoms with E-state index in [9.17, 15) is 14.4 Å². The van der Waals surface area contributed by atoms with Crippen molar-refractivity contribution in [2.45, 2.75) is 46.6 Å². The van der Waals surface area contributed by atoms with Gasteiger partial charge in [0.2, 0.25) is 0 Å². The second kappa shape index (κ2) is 9.91. The molecule has 162 valence electrons. The second-order valence-corrected chi connectivity index (χ2v) is 7.27. The van der Waals surface area contributed by atoms with Crippen LogP contribution in [0.25, 0.3) is 5.69 Å². The number of primary amides is 1. The number of rotatable bonds is 8. The highest BCUT2D eigenvalue weighted by Crippen LogP contribution is 2.22. The largest absolute Gasteiger partial charge is 0.497 e. The minimum absolute atomic E-state index is 0.0680. The average Bonchev–Trinajstić information content (AvgIpc) is 2.97. The normalized spacial score (nSPS) is 11.8. The number of hydrogen-bond acceptors (Lipinski definition) is 6. The molecule has 0 aliphatic heterocycles. The molecule has 0 unspecified atom stereocenters. The minimum atomic E-state index is -1.09. The lowest BCUT2D eigenvalue weighted by atomic mass is 10.1. The van der Waals surface area contributed by atoms with Crippen molar-refractivity contribution < 1.29 is 23.9 Å². The van der Waals surface area contributed by atoms with Gasteiger partial charge in [-0.3, -0.25) is 14.9 Å². The van der Waals surface area contributed by atoms with Crippen LogP contribution in [0.5, 0.6) is 5.75 Å². The number of ether oxygens (including phenoxy) is 2. The van der Waals surface area contributed by atoms with Crippen LogP contribution < -0.4 is 15.8 Å². The zero-order valence-electron chi connectivity index (χ0n) is 17.9. The summed E-state index contributed by atoms with van der Waals surface area (Å²) in [6.45, 7) is 7.23. The predicted molar refractivity (Wildman–Crippen MR) is 110 cm³/mol. The van der Waals surface area contributed by atoms with Crippen molar-refractivity contribution >= 4 is 17.9 Å². The van der Waals surface area contributed by atoms with E-state index in [0.717, 1.165) is 28.4 Å². The number of urea groups is 1. The Morgan fingerprint density at radius 2 is 1.93 bits per heavy atom. The first-order valence-corrected chi connectivity index (χ1v) is 9.63. The lowest BCUT2D eigenvalue weighted by Gasteiger charge is -2.19. The third kappa shape index (κ3) is 5.59. The first-order chi connectivity index (χ1) is 14.1. The monoisotopic (exact) mass is 416 g/mol. The van der Waals surface area contributed by atoms with E-state index in [1.165, 1.54) is 0 Å². The van der Waals surface area contributed by atoms with Crippen LogP contribution in [0.1, 0.15) is 37.2 Å². The highest BCUT2D eigenvalue weighted by atomic mass is 16.5. The third-order valence-corrected chi connectivity index (χ3v) is 4.69. The van der Waals surface area contributed by atoms with Crippen LogP contribution in [0.2, 0.25) is 0 Å². The molecule has 9 nitrogen and oxygen atoms in total. The molecule has 0 radical (unpaired) electrons. The summed E-state index contributed by atoms with van der Waals surface area (Å²) in [5.41, 5.74) is 8.46. The Balaban J connectivity index is 2.10. The molecule has 2 aromatic rings. The number of carbonyl (C=O) groups excluding carboxylic acids is 3. The number of imide groups is 1. The fourth-order valence-electron chi connectivity index (χ4n) is 3.14. The number of aromatic nitrogens is 2. The summed E-state index contributed by atoms with van der Waals surface area (Å²) in [6, 6.07) is 6.54. The highest BCUT2D eigenvalue weighted by Gasteiger charge is 2.27. The van der Waals surface area contributed by atoms with Gasteiger partial charge in [0.15, 0.2) is 6.10 Å². The van der Waals surface area contributed by atoms with E-state index in [0.29, 0.717) is 6.42 Å². The molecule has 1 atom stereocenters. The van der Waals surface area contributed by atoms with Crippen LogP contribution in [0.15, 0.2) is 24.3 Å². The number of aryl methyl sites for hydroxylation is 1. The van der Waals surface area contributed by atoms with Gasteiger partial charge in [-0.05, 0) is 43.9 Å². The minimum Gasteiger partial charge on any atom is -0.497 e. The molecule has 1 aromatic carbocycles. The lowest BCUT2D eigenvalue weighted by Crippen LogP contribution is -2.45. The van der Waals surface area contributed by atoms with Gasteiger partial charge in [-0.15, -0.1) is 0 Å². The molecule has 0 spiro atoms. The van der Waals surface area contributed by atoms with Crippen molar-refractivity contribution in [3.8, 4) is 11.4 Å². The Morgan fingerprint density at radius 1 is 1.23 bits per heavy atom. The van der Waals surface area contributed by atoms with Crippen molar-refractivity contribution in [3.63, 3.8) is 0 Å². The molecule has 0 aliphatic carbocycles. The molecule has 9 heteroatoms. The predicted octanol–water partition coefficient (Wildman–Crippen LogP) is 2.19.